The average molecular weight is 296 g/mol. The first-order chi connectivity index (χ1) is 8.42. The standard InChI is InChI=1S/C8H4F8N2O/c9-5(10)4-3(19-8(14,15)16)1-2(6(17)18-4)7(11,12)13/h1,5H,(H2,17,18). The second-order valence-electron chi connectivity index (χ2n) is 3.15. The van der Waals surface area contributed by atoms with Crippen LogP contribution in [0.5, 0.6) is 5.75 Å². The fourth-order valence-corrected chi connectivity index (χ4v) is 1.11. The molecule has 19 heavy (non-hydrogen) atoms. The molecule has 0 radical (unpaired) electrons. The van der Waals surface area contributed by atoms with Crippen LogP contribution in [0.2, 0.25) is 0 Å². The van der Waals surface area contributed by atoms with Crippen LogP contribution in [-0.2, 0) is 6.18 Å². The monoisotopic (exact) mass is 296 g/mol. The number of hydrogen-bond donors (Lipinski definition) is 1. The van der Waals surface area contributed by atoms with Crippen LogP contribution in [0.4, 0.5) is 40.9 Å². The largest absolute Gasteiger partial charge is 0.573 e. The molecule has 0 spiro atoms. The Morgan fingerprint density at radius 2 is 1.63 bits per heavy atom. The number of pyridine rings is 1. The zero-order chi connectivity index (χ0) is 15.0. The van der Waals surface area contributed by atoms with Crippen molar-refractivity contribution in [3.63, 3.8) is 0 Å². The average Bonchev–Trinajstić information content (AvgIpc) is 2.15. The second kappa shape index (κ2) is 4.70. The van der Waals surface area contributed by atoms with Crippen molar-refractivity contribution >= 4 is 5.82 Å². The summed E-state index contributed by atoms with van der Waals surface area (Å²) in [5, 5.41) is 0. The Balaban J connectivity index is 3.40. The molecule has 1 heterocycles. The summed E-state index contributed by atoms with van der Waals surface area (Å²) in [5.41, 5.74) is 1.36. The molecule has 0 fully saturated rings. The highest BCUT2D eigenvalue weighted by atomic mass is 19.4. The van der Waals surface area contributed by atoms with Crippen LogP contribution in [0, 0.1) is 0 Å². The molecule has 0 unspecified atom stereocenters. The van der Waals surface area contributed by atoms with E-state index in [1.165, 1.54) is 0 Å². The maximum absolute atomic E-state index is 12.4. The van der Waals surface area contributed by atoms with Gasteiger partial charge in [-0.15, -0.1) is 13.2 Å². The van der Waals surface area contributed by atoms with E-state index in [0.717, 1.165) is 0 Å². The van der Waals surface area contributed by atoms with Crippen LogP contribution in [0.1, 0.15) is 17.7 Å². The van der Waals surface area contributed by atoms with Gasteiger partial charge < -0.3 is 10.5 Å². The first-order valence-electron chi connectivity index (χ1n) is 4.33. The first-order valence-corrected chi connectivity index (χ1v) is 4.33. The predicted octanol–water partition coefficient (Wildman–Crippen LogP) is 3.52. The molecule has 108 valence electrons. The van der Waals surface area contributed by atoms with E-state index in [0.29, 0.717) is 0 Å². The lowest BCUT2D eigenvalue weighted by molar-refractivity contribution is -0.275. The Kier molecular flexibility index (Phi) is 3.77. The normalized spacial score (nSPS) is 12.9. The van der Waals surface area contributed by atoms with Gasteiger partial charge in [0.25, 0.3) is 6.43 Å². The summed E-state index contributed by atoms with van der Waals surface area (Å²) in [4.78, 5) is 2.61. The SMILES string of the molecule is Nc1nc(C(F)F)c(OC(F)(F)F)cc1C(F)(F)F. The smallest absolute Gasteiger partial charge is 0.404 e. The first kappa shape index (κ1) is 15.2. The molecule has 1 aromatic rings. The Morgan fingerprint density at radius 1 is 1.11 bits per heavy atom. The molecule has 0 aliphatic heterocycles. The quantitative estimate of drug-likeness (QED) is 0.849. The van der Waals surface area contributed by atoms with E-state index in [2.05, 4.69) is 9.72 Å². The number of halogens is 8. The van der Waals surface area contributed by atoms with E-state index in [-0.39, 0.29) is 6.07 Å². The minimum Gasteiger partial charge on any atom is -0.404 e. The van der Waals surface area contributed by atoms with Crippen molar-refractivity contribution in [2.24, 2.45) is 0 Å². The summed E-state index contributed by atoms with van der Waals surface area (Å²) in [7, 11) is 0. The van der Waals surface area contributed by atoms with Gasteiger partial charge in [0.2, 0.25) is 0 Å². The number of nitrogens with zero attached hydrogens (tertiary/aromatic N) is 1. The van der Waals surface area contributed by atoms with Gasteiger partial charge >= 0.3 is 12.5 Å². The van der Waals surface area contributed by atoms with E-state index in [1.54, 1.807) is 0 Å². The van der Waals surface area contributed by atoms with Crippen LogP contribution >= 0.6 is 0 Å². The van der Waals surface area contributed by atoms with Gasteiger partial charge in [0.05, 0.1) is 0 Å². The number of ether oxygens (including phenoxy) is 1. The molecule has 0 bridgehead atoms. The number of alkyl halides is 8. The Morgan fingerprint density at radius 3 is 2.00 bits per heavy atom. The van der Waals surface area contributed by atoms with E-state index < -0.39 is 41.8 Å². The van der Waals surface area contributed by atoms with Crippen LogP contribution in [0.25, 0.3) is 0 Å². The maximum Gasteiger partial charge on any atom is 0.573 e. The van der Waals surface area contributed by atoms with E-state index in [1.807, 2.05) is 0 Å². The predicted molar refractivity (Wildman–Crippen MR) is 45.3 cm³/mol. The molecule has 11 heteroatoms. The zero-order valence-electron chi connectivity index (χ0n) is 8.61. The third-order valence-electron chi connectivity index (χ3n) is 1.78. The minimum atomic E-state index is -5.44. The van der Waals surface area contributed by atoms with Crippen LogP contribution in [0.3, 0.4) is 0 Å². The molecule has 0 amide bonds. The lowest BCUT2D eigenvalue weighted by Crippen LogP contribution is -2.20. The fraction of sp³-hybridized carbons (Fsp3) is 0.375. The van der Waals surface area contributed by atoms with Gasteiger partial charge in [0.1, 0.15) is 11.4 Å². The summed E-state index contributed by atoms with van der Waals surface area (Å²) >= 11 is 0. The molecule has 0 aromatic carbocycles. The molecule has 2 N–H and O–H groups in total. The van der Waals surface area contributed by atoms with Crippen LogP contribution in [0.15, 0.2) is 6.07 Å². The summed E-state index contributed by atoms with van der Waals surface area (Å²) in [6.07, 6.45) is -14.2. The van der Waals surface area contributed by atoms with Gasteiger partial charge in [-0.25, -0.2) is 13.8 Å². The van der Waals surface area contributed by atoms with Gasteiger partial charge in [0.15, 0.2) is 11.4 Å². The van der Waals surface area contributed by atoms with Crippen molar-refractivity contribution in [3.05, 3.63) is 17.3 Å². The lowest BCUT2D eigenvalue weighted by atomic mass is 10.2. The fourth-order valence-electron chi connectivity index (χ4n) is 1.11. The number of nitrogen functional groups attached to an aromatic ring is 1. The number of anilines is 1. The molecular weight excluding hydrogens is 292 g/mol. The van der Waals surface area contributed by atoms with Gasteiger partial charge in [-0.05, 0) is 6.07 Å². The van der Waals surface area contributed by atoms with Crippen LogP contribution in [-0.4, -0.2) is 11.3 Å². The highest BCUT2D eigenvalue weighted by Gasteiger charge is 2.39. The van der Waals surface area contributed by atoms with Crippen molar-refractivity contribution in [2.45, 2.75) is 19.0 Å². The number of rotatable bonds is 2. The highest BCUT2D eigenvalue weighted by molar-refractivity contribution is 5.48. The zero-order valence-corrected chi connectivity index (χ0v) is 8.61. The van der Waals surface area contributed by atoms with E-state index in [4.69, 9.17) is 5.73 Å². The molecule has 1 aromatic heterocycles. The number of aromatic nitrogens is 1. The van der Waals surface area contributed by atoms with Gasteiger partial charge in [-0.3, -0.25) is 0 Å². The summed E-state index contributed by atoms with van der Waals surface area (Å²) < 4.78 is 101. The molecular formula is C8H4F8N2O. The van der Waals surface area contributed by atoms with Crippen molar-refractivity contribution in [1.82, 2.24) is 4.98 Å². The Bertz CT molecular complexity index is 467. The number of hydrogen-bond acceptors (Lipinski definition) is 3. The molecule has 0 aliphatic carbocycles. The second-order valence-corrected chi connectivity index (χ2v) is 3.15. The summed E-state index contributed by atoms with van der Waals surface area (Å²) in [6, 6.07) is -0.267. The van der Waals surface area contributed by atoms with Crippen molar-refractivity contribution < 1.29 is 39.9 Å². The van der Waals surface area contributed by atoms with E-state index in [9.17, 15) is 35.1 Å². The summed E-state index contributed by atoms with van der Waals surface area (Å²) in [5.74, 6) is -3.11. The van der Waals surface area contributed by atoms with Gasteiger partial charge in [-0.1, -0.05) is 0 Å². The lowest BCUT2D eigenvalue weighted by Gasteiger charge is -2.16. The topological polar surface area (TPSA) is 48.1 Å². The van der Waals surface area contributed by atoms with Crippen molar-refractivity contribution in [1.29, 1.82) is 0 Å². The third kappa shape index (κ3) is 3.83. The molecule has 3 nitrogen and oxygen atoms in total. The van der Waals surface area contributed by atoms with E-state index >= 15 is 0 Å². The molecule has 0 atom stereocenters. The Labute approximate surface area is 99.5 Å². The molecule has 0 aliphatic rings. The minimum absolute atomic E-state index is 0.267. The molecule has 0 saturated carbocycles. The van der Waals surface area contributed by atoms with Crippen molar-refractivity contribution in [3.8, 4) is 5.75 Å². The summed E-state index contributed by atoms with van der Waals surface area (Å²) in [6.45, 7) is 0. The Hall–Kier alpha value is -1.81. The van der Waals surface area contributed by atoms with Gasteiger partial charge in [-0.2, -0.15) is 13.2 Å². The highest BCUT2D eigenvalue weighted by Crippen LogP contribution is 2.39. The maximum atomic E-state index is 12.4. The van der Waals surface area contributed by atoms with Crippen LogP contribution < -0.4 is 10.5 Å². The van der Waals surface area contributed by atoms with Crippen molar-refractivity contribution in [2.75, 3.05) is 5.73 Å². The number of nitrogens with two attached hydrogens (primary N) is 1. The molecule has 0 saturated heterocycles. The molecule has 1 rings (SSSR count). The third-order valence-corrected chi connectivity index (χ3v) is 1.78. The van der Waals surface area contributed by atoms with Gasteiger partial charge in [0, 0.05) is 0 Å².